The molecule has 0 saturated carbocycles. The first-order valence-corrected chi connectivity index (χ1v) is 9.08. The van der Waals surface area contributed by atoms with Crippen LogP contribution >= 0.6 is 0 Å². The fourth-order valence-corrected chi connectivity index (χ4v) is 3.78. The largest absolute Gasteiger partial charge is 0.302 e. The summed E-state index contributed by atoms with van der Waals surface area (Å²) in [5.74, 6) is -1.12. The van der Waals surface area contributed by atoms with Crippen LogP contribution < -0.4 is 0 Å². The molecule has 0 N–H and O–H groups in total. The summed E-state index contributed by atoms with van der Waals surface area (Å²) in [6.45, 7) is 3.53. The molecule has 3 aromatic rings. The van der Waals surface area contributed by atoms with Crippen LogP contribution in [0.4, 0.5) is 8.78 Å². The Kier molecular flexibility index (Phi) is 4.70. The van der Waals surface area contributed by atoms with Gasteiger partial charge in [0.25, 0.3) is 0 Å². The van der Waals surface area contributed by atoms with Crippen LogP contribution in [0.3, 0.4) is 0 Å². The zero-order chi connectivity index (χ0) is 19.0. The summed E-state index contributed by atoms with van der Waals surface area (Å²) in [4.78, 5) is 2.23. The molecule has 0 amide bonds. The van der Waals surface area contributed by atoms with Gasteiger partial charge in [-0.3, -0.25) is 0 Å². The van der Waals surface area contributed by atoms with Gasteiger partial charge in [-0.25, -0.2) is 8.78 Å². The molecule has 2 aromatic carbocycles. The first-order valence-electron chi connectivity index (χ1n) is 9.08. The fourth-order valence-electron chi connectivity index (χ4n) is 3.78. The Balaban J connectivity index is 1.79. The maximum absolute atomic E-state index is 14.5. The van der Waals surface area contributed by atoms with Crippen molar-refractivity contribution in [1.82, 2.24) is 15.1 Å². The predicted octanol–water partition coefficient (Wildman–Crippen LogP) is 4.70. The van der Waals surface area contributed by atoms with Crippen molar-refractivity contribution in [2.75, 3.05) is 13.6 Å². The van der Waals surface area contributed by atoms with E-state index in [1.54, 1.807) is 6.07 Å². The third-order valence-corrected chi connectivity index (χ3v) is 5.19. The molecule has 2 heterocycles. The quantitative estimate of drug-likeness (QED) is 0.659. The van der Waals surface area contributed by atoms with Crippen LogP contribution in [0.25, 0.3) is 11.3 Å². The van der Waals surface area contributed by atoms with Gasteiger partial charge in [0.05, 0.1) is 11.4 Å². The van der Waals surface area contributed by atoms with Gasteiger partial charge in [-0.15, -0.1) is 0 Å². The number of nitrogens with zero attached hydrogens (tertiary/aromatic N) is 3. The Morgan fingerprint density at radius 3 is 2.52 bits per heavy atom. The van der Waals surface area contributed by atoms with Crippen molar-refractivity contribution in [2.24, 2.45) is 0 Å². The maximum Gasteiger partial charge on any atom is 0.129 e. The maximum atomic E-state index is 14.5. The molecule has 0 aliphatic carbocycles. The van der Waals surface area contributed by atoms with Crippen molar-refractivity contribution in [3.05, 3.63) is 82.5 Å². The standard InChI is InChI=1S/C22H21F2N3/c1-14-3-8-22(26-25-14)15-4-6-18-16(11-15)13-27(2)10-9-19(18)20-7-5-17(23)12-21(20)24/h3-8,11-12,19H,9-10,13H2,1-2H3. The molecule has 0 saturated heterocycles. The molecule has 3 nitrogen and oxygen atoms in total. The molecule has 1 aliphatic heterocycles. The van der Waals surface area contributed by atoms with Crippen LogP contribution in [-0.4, -0.2) is 28.7 Å². The van der Waals surface area contributed by atoms with Crippen LogP contribution in [0.5, 0.6) is 0 Å². The number of halogens is 2. The zero-order valence-electron chi connectivity index (χ0n) is 15.4. The Bertz CT molecular complexity index is 970. The number of fused-ring (bicyclic) bond motifs is 1. The van der Waals surface area contributed by atoms with Crippen molar-refractivity contribution in [1.29, 1.82) is 0 Å². The summed E-state index contributed by atoms with van der Waals surface area (Å²) in [5.41, 5.74) is 5.47. The van der Waals surface area contributed by atoms with E-state index in [0.29, 0.717) is 5.56 Å². The monoisotopic (exact) mass is 365 g/mol. The molecular weight excluding hydrogens is 344 g/mol. The van der Waals surface area contributed by atoms with E-state index in [0.717, 1.165) is 53.7 Å². The van der Waals surface area contributed by atoms with Gasteiger partial charge in [0.2, 0.25) is 0 Å². The second kappa shape index (κ2) is 7.16. The van der Waals surface area contributed by atoms with Crippen molar-refractivity contribution in [2.45, 2.75) is 25.8 Å². The summed E-state index contributed by atoms with van der Waals surface area (Å²) in [7, 11) is 2.06. The number of benzene rings is 2. The molecule has 1 aromatic heterocycles. The molecule has 5 heteroatoms. The van der Waals surface area contributed by atoms with Gasteiger partial charge < -0.3 is 4.90 Å². The number of hydrogen-bond acceptors (Lipinski definition) is 3. The lowest BCUT2D eigenvalue weighted by molar-refractivity contribution is 0.327. The summed E-state index contributed by atoms with van der Waals surface area (Å²) in [6.07, 6.45) is 0.787. The van der Waals surface area contributed by atoms with Gasteiger partial charge in [0.15, 0.2) is 0 Å². The molecule has 138 valence electrons. The molecule has 27 heavy (non-hydrogen) atoms. The Morgan fingerprint density at radius 1 is 0.963 bits per heavy atom. The van der Waals surface area contributed by atoms with E-state index < -0.39 is 11.6 Å². The van der Waals surface area contributed by atoms with E-state index in [1.165, 1.54) is 6.07 Å². The zero-order valence-corrected chi connectivity index (χ0v) is 15.4. The Hall–Kier alpha value is -2.66. The second-order valence-corrected chi connectivity index (χ2v) is 7.22. The van der Waals surface area contributed by atoms with Crippen LogP contribution in [0.2, 0.25) is 0 Å². The highest BCUT2D eigenvalue weighted by Crippen LogP contribution is 2.36. The molecular formula is C22H21F2N3. The summed E-state index contributed by atoms with van der Waals surface area (Å²) >= 11 is 0. The molecule has 0 fully saturated rings. The molecule has 0 spiro atoms. The van der Waals surface area contributed by atoms with E-state index in [9.17, 15) is 8.78 Å². The van der Waals surface area contributed by atoms with Gasteiger partial charge in [-0.05, 0) is 67.9 Å². The first kappa shape index (κ1) is 17.7. The van der Waals surface area contributed by atoms with Gasteiger partial charge >= 0.3 is 0 Å². The molecule has 0 bridgehead atoms. The minimum atomic E-state index is -0.546. The number of rotatable bonds is 2. The highest BCUT2D eigenvalue weighted by atomic mass is 19.1. The average molecular weight is 365 g/mol. The number of aryl methyl sites for hydroxylation is 1. The highest BCUT2D eigenvalue weighted by molar-refractivity contribution is 5.61. The van der Waals surface area contributed by atoms with E-state index >= 15 is 0 Å². The normalized spacial score (nSPS) is 17.4. The van der Waals surface area contributed by atoms with Crippen LogP contribution in [0.1, 0.15) is 34.7 Å². The number of aromatic nitrogens is 2. The van der Waals surface area contributed by atoms with E-state index in [2.05, 4.69) is 34.3 Å². The van der Waals surface area contributed by atoms with E-state index in [1.807, 2.05) is 25.1 Å². The van der Waals surface area contributed by atoms with Gasteiger partial charge in [-0.1, -0.05) is 18.2 Å². The smallest absolute Gasteiger partial charge is 0.129 e. The molecule has 0 radical (unpaired) electrons. The highest BCUT2D eigenvalue weighted by Gasteiger charge is 2.25. The van der Waals surface area contributed by atoms with Crippen molar-refractivity contribution >= 4 is 0 Å². The third kappa shape index (κ3) is 3.60. The minimum Gasteiger partial charge on any atom is -0.302 e. The second-order valence-electron chi connectivity index (χ2n) is 7.22. The summed E-state index contributed by atoms with van der Waals surface area (Å²) in [5, 5.41) is 8.41. The number of hydrogen-bond donors (Lipinski definition) is 0. The van der Waals surface area contributed by atoms with Crippen molar-refractivity contribution in [3.8, 4) is 11.3 Å². The van der Waals surface area contributed by atoms with Crippen LogP contribution in [0.15, 0.2) is 48.5 Å². The summed E-state index contributed by atoms with van der Waals surface area (Å²) < 4.78 is 27.8. The van der Waals surface area contributed by atoms with Crippen molar-refractivity contribution in [3.63, 3.8) is 0 Å². The lowest BCUT2D eigenvalue weighted by Gasteiger charge is -2.19. The van der Waals surface area contributed by atoms with Crippen molar-refractivity contribution < 1.29 is 8.78 Å². The molecule has 1 atom stereocenters. The van der Waals surface area contributed by atoms with Gasteiger partial charge in [0, 0.05) is 24.1 Å². The Morgan fingerprint density at radius 2 is 1.78 bits per heavy atom. The Labute approximate surface area is 157 Å². The average Bonchev–Trinajstić information content (AvgIpc) is 2.80. The molecule has 1 aliphatic rings. The SMILES string of the molecule is Cc1ccc(-c2ccc3c(c2)CN(C)CCC3c2ccc(F)cc2F)nn1. The van der Waals surface area contributed by atoms with Gasteiger partial charge in [0.1, 0.15) is 11.6 Å². The topological polar surface area (TPSA) is 29.0 Å². The summed E-state index contributed by atoms with van der Waals surface area (Å²) in [6, 6.07) is 14.0. The predicted molar refractivity (Wildman–Crippen MR) is 101 cm³/mol. The van der Waals surface area contributed by atoms with E-state index in [4.69, 9.17) is 0 Å². The van der Waals surface area contributed by atoms with Gasteiger partial charge in [-0.2, -0.15) is 10.2 Å². The molecule has 1 unspecified atom stereocenters. The molecule has 4 rings (SSSR count). The lowest BCUT2D eigenvalue weighted by Crippen LogP contribution is -2.17. The van der Waals surface area contributed by atoms with Crippen LogP contribution in [0, 0.1) is 18.6 Å². The van der Waals surface area contributed by atoms with E-state index in [-0.39, 0.29) is 5.92 Å². The minimum absolute atomic E-state index is 0.0938. The fraction of sp³-hybridized carbons (Fsp3) is 0.273. The third-order valence-electron chi connectivity index (χ3n) is 5.19. The lowest BCUT2D eigenvalue weighted by atomic mass is 9.85. The first-order chi connectivity index (χ1) is 13.0. The van der Waals surface area contributed by atoms with Crippen LogP contribution in [-0.2, 0) is 6.54 Å².